The van der Waals surface area contributed by atoms with Crippen LogP contribution in [0.1, 0.15) is 41.8 Å². The maximum Gasteiger partial charge on any atom is 0.334 e. The second kappa shape index (κ2) is 8.68. The Bertz CT molecular complexity index is 834. The van der Waals surface area contributed by atoms with Crippen LogP contribution >= 0.6 is 11.6 Å². The van der Waals surface area contributed by atoms with Crippen molar-refractivity contribution in [2.45, 2.75) is 32.4 Å². The first-order valence-electron chi connectivity index (χ1n) is 8.44. The number of aliphatic carboxylic acids is 1. The van der Waals surface area contributed by atoms with Crippen LogP contribution in [0.2, 0.25) is 5.02 Å². The molecule has 6 nitrogen and oxygen atoms in total. The largest absolute Gasteiger partial charge is 0.479 e. The van der Waals surface area contributed by atoms with Gasteiger partial charge in [0.1, 0.15) is 0 Å². The smallest absolute Gasteiger partial charge is 0.334 e. The first-order valence-corrected chi connectivity index (χ1v) is 8.81. The van der Waals surface area contributed by atoms with Gasteiger partial charge in [-0.25, -0.2) is 4.79 Å². The highest BCUT2D eigenvalue weighted by Crippen LogP contribution is 2.27. The van der Waals surface area contributed by atoms with Crippen LogP contribution in [0.15, 0.2) is 48.5 Å². The molecule has 0 bridgehead atoms. The molecule has 0 spiro atoms. The fourth-order valence-electron chi connectivity index (χ4n) is 2.69. The van der Waals surface area contributed by atoms with Gasteiger partial charge in [-0.15, -0.1) is 0 Å². The van der Waals surface area contributed by atoms with Crippen molar-refractivity contribution < 1.29 is 19.5 Å². The van der Waals surface area contributed by atoms with Crippen LogP contribution in [0.3, 0.4) is 0 Å². The molecule has 7 heteroatoms. The summed E-state index contributed by atoms with van der Waals surface area (Å²) in [4.78, 5) is 35.7. The van der Waals surface area contributed by atoms with E-state index in [1.54, 1.807) is 55.5 Å². The van der Waals surface area contributed by atoms with Crippen molar-refractivity contribution in [2.24, 2.45) is 0 Å². The van der Waals surface area contributed by atoms with Crippen molar-refractivity contribution in [3.63, 3.8) is 0 Å². The molecule has 1 atom stereocenters. The monoisotopic (exact) mass is 388 g/mol. The molecule has 142 valence electrons. The number of halogens is 1. The van der Waals surface area contributed by atoms with Gasteiger partial charge >= 0.3 is 5.97 Å². The van der Waals surface area contributed by atoms with Gasteiger partial charge in [0.25, 0.3) is 5.91 Å². The lowest BCUT2D eigenvalue weighted by molar-refractivity contribution is -0.145. The summed E-state index contributed by atoms with van der Waals surface area (Å²) in [5, 5.41) is 15.6. The Balaban J connectivity index is 2.24. The van der Waals surface area contributed by atoms with E-state index in [0.717, 1.165) is 5.56 Å². The van der Waals surface area contributed by atoms with Crippen LogP contribution < -0.4 is 10.6 Å². The third-order valence-corrected chi connectivity index (χ3v) is 4.57. The van der Waals surface area contributed by atoms with Gasteiger partial charge in [-0.3, -0.25) is 9.59 Å². The summed E-state index contributed by atoms with van der Waals surface area (Å²) in [5.41, 5.74) is 0.0443. The molecule has 0 aliphatic heterocycles. The summed E-state index contributed by atoms with van der Waals surface area (Å²) in [6.07, 6.45) is 0.163. The van der Waals surface area contributed by atoms with Gasteiger partial charge in [-0.1, -0.05) is 42.8 Å². The minimum absolute atomic E-state index is 0.144. The standard InChI is InChI=1S/C20H21ClN2O4/c1-3-20(19(26)27,16-8-10-17(21)11-9-16)23-18(25)15-6-4-14(5-7-15)12-22-13(2)24/h4-11H,3,12H2,1-2H3,(H,22,24)(H,23,25)(H,26,27). The van der Waals surface area contributed by atoms with Gasteiger partial charge in [0.05, 0.1) is 0 Å². The fourth-order valence-corrected chi connectivity index (χ4v) is 2.82. The molecular formula is C20H21ClN2O4. The number of carboxylic acids is 1. The Hall–Kier alpha value is -2.86. The van der Waals surface area contributed by atoms with Crippen LogP contribution in [0.4, 0.5) is 0 Å². The number of rotatable bonds is 7. The van der Waals surface area contributed by atoms with E-state index in [1.807, 2.05) is 0 Å². The minimum Gasteiger partial charge on any atom is -0.479 e. The lowest BCUT2D eigenvalue weighted by Gasteiger charge is -2.30. The summed E-state index contributed by atoms with van der Waals surface area (Å²) in [7, 11) is 0. The molecule has 0 aliphatic carbocycles. The Labute approximate surface area is 162 Å². The van der Waals surface area contributed by atoms with Crippen LogP contribution in [0.25, 0.3) is 0 Å². The quantitative estimate of drug-likeness (QED) is 0.679. The lowest BCUT2D eigenvalue weighted by Crippen LogP contribution is -2.51. The summed E-state index contributed by atoms with van der Waals surface area (Å²) in [6.45, 7) is 3.48. The van der Waals surface area contributed by atoms with Crippen molar-refractivity contribution in [3.8, 4) is 0 Å². The van der Waals surface area contributed by atoms with Crippen LogP contribution in [-0.4, -0.2) is 22.9 Å². The highest BCUT2D eigenvalue weighted by molar-refractivity contribution is 6.30. The van der Waals surface area contributed by atoms with E-state index < -0.39 is 17.4 Å². The number of hydrogen-bond donors (Lipinski definition) is 3. The summed E-state index contributed by atoms with van der Waals surface area (Å²) in [6, 6.07) is 13.0. The first kappa shape index (κ1) is 20.5. The minimum atomic E-state index is -1.56. The zero-order valence-electron chi connectivity index (χ0n) is 15.1. The second-order valence-corrected chi connectivity index (χ2v) is 6.57. The number of carboxylic acid groups (broad SMARTS) is 1. The number of carbonyl (C=O) groups excluding carboxylic acids is 2. The number of hydrogen-bond acceptors (Lipinski definition) is 3. The average Bonchev–Trinajstić information content (AvgIpc) is 2.65. The molecule has 0 aromatic heterocycles. The number of carbonyl (C=O) groups is 3. The molecule has 0 saturated carbocycles. The van der Waals surface area contributed by atoms with E-state index >= 15 is 0 Å². The van der Waals surface area contributed by atoms with Gasteiger partial charge in [-0.2, -0.15) is 0 Å². The van der Waals surface area contributed by atoms with Gasteiger partial charge in [-0.05, 0) is 41.8 Å². The molecule has 2 amide bonds. The van der Waals surface area contributed by atoms with Gasteiger partial charge in [0, 0.05) is 24.1 Å². The van der Waals surface area contributed by atoms with E-state index in [1.165, 1.54) is 6.92 Å². The third kappa shape index (κ3) is 4.86. The summed E-state index contributed by atoms with van der Waals surface area (Å²) < 4.78 is 0. The molecular weight excluding hydrogens is 368 g/mol. The molecule has 27 heavy (non-hydrogen) atoms. The number of nitrogens with one attached hydrogen (secondary N) is 2. The maximum atomic E-state index is 12.7. The number of benzene rings is 2. The van der Waals surface area contributed by atoms with Crippen molar-refractivity contribution in [3.05, 3.63) is 70.2 Å². The first-order chi connectivity index (χ1) is 12.8. The van der Waals surface area contributed by atoms with Crippen molar-refractivity contribution in [1.29, 1.82) is 0 Å². The molecule has 0 heterocycles. The van der Waals surface area contributed by atoms with Crippen LogP contribution in [0.5, 0.6) is 0 Å². The normalized spacial score (nSPS) is 12.7. The van der Waals surface area contributed by atoms with Crippen molar-refractivity contribution >= 4 is 29.4 Å². The SMILES string of the molecule is CCC(NC(=O)c1ccc(CNC(C)=O)cc1)(C(=O)O)c1ccc(Cl)cc1. The molecule has 0 saturated heterocycles. The molecule has 2 rings (SSSR count). The van der Waals surface area contributed by atoms with E-state index in [0.29, 0.717) is 22.7 Å². The van der Waals surface area contributed by atoms with Crippen LogP contribution in [-0.2, 0) is 21.7 Å². The zero-order valence-corrected chi connectivity index (χ0v) is 15.8. The Morgan fingerprint density at radius 3 is 2.11 bits per heavy atom. The average molecular weight is 389 g/mol. The Morgan fingerprint density at radius 1 is 1.04 bits per heavy atom. The van der Waals surface area contributed by atoms with E-state index in [-0.39, 0.29) is 12.3 Å². The highest BCUT2D eigenvalue weighted by Gasteiger charge is 2.40. The highest BCUT2D eigenvalue weighted by atomic mass is 35.5. The van der Waals surface area contributed by atoms with Crippen molar-refractivity contribution in [1.82, 2.24) is 10.6 Å². The van der Waals surface area contributed by atoms with E-state index in [9.17, 15) is 19.5 Å². The predicted molar refractivity (Wildman–Crippen MR) is 102 cm³/mol. The molecule has 0 fully saturated rings. The Kier molecular flexibility index (Phi) is 6.58. The predicted octanol–water partition coefficient (Wildman–Crippen LogP) is 3.10. The summed E-state index contributed by atoms with van der Waals surface area (Å²) in [5.74, 6) is -1.79. The van der Waals surface area contributed by atoms with Gasteiger partial charge in [0.2, 0.25) is 5.91 Å². The Morgan fingerprint density at radius 2 is 1.63 bits per heavy atom. The van der Waals surface area contributed by atoms with Gasteiger partial charge < -0.3 is 15.7 Å². The van der Waals surface area contributed by atoms with E-state index in [4.69, 9.17) is 11.6 Å². The molecule has 3 N–H and O–H groups in total. The molecule has 2 aromatic carbocycles. The number of amides is 2. The third-order valence-electron chi connectivity index (χ3n) is 4.32. The molecule has 0 aliphatic rings. The topological polar surface area (TPSA) is 95.5 Å². The zero-order chi connectivity index (χ0) is 20.0. The molecule has 2 aromatic rings. The van der Waals surface area contributed by atoms with Crippen LogP contribution in [0, 0.1) is 0 Å². The van der Waals surface area contributed by atoms with Gasteiger partial charge in [0.15, 0.2) is 5.54 Å². The van der Waals surface area contributed by atoms with E-state index in [2.05, 4.69) is 10.6 Å². The molecule has 0 radical (unpaired) electrons. The lowest BCUT2D eigenvalue weighted by atomic mass is 9.86. The molecule has 1 unspecified atom stereocenters. The second-order valence-electron chi connectivity index (χ2n) is 6.13. The summed E-state index contributed by atoms with van der Waals surface area (Å²) >= 11 is 5.89. The maximum absolute atomic E-state index is 12.7. The van der Waals surface area contributed by atoms with Crippen molar-refractivity contribution in [2.75, 3.05) is 0 Å². The fraction of sp³-hybridized carbons (Fsp3) is 0.250.